The molecule has 0 aliphatic rings. The maximum atomic E-state index is 13.0. The van der Waals surface area contributed by atoms with Gasteiger partial charge in [0.15, 0.2) is 5.82 Å². The quantitative estimate of drug-likeness (QED) is 0.615. The van der Waals surface area contributed by atoms with Crippen LogP contribution in [0.15, 0.2) is 18.2 Å². The Balaban J connectivity index is 2.95. The minimum absolute atomic E-state index is 0.301. The summed E-state index contributed by atoms with van der Waals surface area (Å²) in [6, 6.07) is 4.78. The second kappa shape index (κ2) is 2.45. The average molecular weight is 185 g/mol. The van der Waals surface area contributed by atoms with Crippen molar-refractivity contribution in [1.29, 1.82) is 0 Å². The lowest BCUT2D eigenvalue weighted by Crippen LogP contribution is -1.86. The SMILES string of the molecule is Cn1c(Cl)nc2c(F)cccc21. The van der Waals surface area contributed by atoms with Gasteiger partial charge in [0.1, 0.15) is 5.52 Å². The number of benzene rings is 1. The van der Waals surface area contributed by atoms with E-state index in [9.17, 15) is 4.39 Å². The van der Waals surface area contributed by atoms with E-state index in [4.69, 9.17) is 11.6 Å². The highest BCUT2D eigenvalue weighted by atomic mass is 35.5. The summed E-state index contributed by atoms with van der Waals surface area (Å²) in [5.74, 6) is -0.338. The van der Waals surface area contributed by atoms with Crippen molar-refractivity contribution in [2.45, 2.75) is 0 Å². The van der Waals surface area contributed by atoms with Gasteiger partial charge in [-0.05, 0) is 23.7 Å². The number of imidazole rings is 1. The van der Waals surface area contributed by atoms with Crippen molar-refractivity contribution in [3.63, 3.8) is 0 Å². The molecule has 0 fully saturated rings. The molecule has 2 aromatic rings. The molecule has 2 nitrogen and oxygen atoms in total. The van der Waals surface area contributed by atoms with Gasteiger partial charge in [-0.2, -0.15) is 0 Å². The molecule has 62 valence electrons. The molecule has 12 heavy (non-hydrogen) atoms. The lowest BCUT2D eigenvalue weighted by atomic mass is 10.3. The van der Waals surface area contributed by atoms with E-state index in [-0.39, 0.29) is 5.82 Å². The Morgan fingerprint density at radius 1 is 1.50 bits per heavy atom. The highest BCUT2D eigenvalue weighted by Crippen LogP contribution is 2.19. The summed E-state index contributed by atoms with van der Waals surface area (Å²) in [6.45, 7) is 0. The Morgan fingerprint density at radius 2 is 2.25 bits per heavy atom. The number of halogens is 2. The Kier molecular flexibility index (Phi) is 1.54. The molecule has 0 amide bonds. The second-order valence-corrected chi connectivity index (χ2v) is 2.89. The molecule has 0 bridgehead atoms. The fourth-order valence-corrected chi connectivity index (χ4v) is 1.33. The molecule has 0 atom stereocenters. The molecule has 1 heterocycles. The van der Waals surface area contributed by atoms with Crippen molar-refractivity contribution in [3.8, 4) is 0 Å². The topological polar surface area (TPSA) is 17.8 Å². The summed E-state index contributed by atoms with van der Waals surface area (Å²) in [6.07, 6.45) is 0. The number of aromatic nitrogens is 2. The Labute approximate surface area is 73.6 Å². The summed E-state index contributed by atoms with van der Waals surface area (Å²) in [4.78, 5) is 3.87. The standard InChI is InChI=1S/C8H6ClFN2/c1-12-6-4-2-3-5(10)7(6)11-8(12)9/h2-4H,1H3. The third-order valence-corrected chi connectivity index (χ3v) is 2.15. The van der Waals surface area contributed by atoms with Gasteiger partial charge in [-0.3, -0.25) is 0 Å². The maximum absolute atomic E-state index is 13.0. The molecule has 0 radical (unpaired) electrons. The molecule has 0 aliphatic heterocycles. The number of aryl methyl sites for hydroxylation is 1. The van der Waals surface area contributed by atoms with Crippen LogP contribution >= 0.6 is 11.6 Å². The summed E-state index contributed by atoms with van der Waals surface area (Å²) >= 11 is 5.71. The molecule has 1 aromatic carbocycles. The van der Waals surface area contributed by atoms with Gasteiger partial charge in [0.05, 0.1) is 5.52 Å². The predicted molar refractivity (Wildman–Crippen MR) is 45.7 cm³/mol. The van der Waals surface area contributed by atoms with Crippen molar-refractivity contribution < 1.29 is 4.39 Å². The predicted octanol–water partition coefficient (Wildman–Crippen LogP) is 2.37. The number of rotatable bonds is 0. The molecular weight excluding hydrogens is 179 g/mol. The number of hydrogen-bond acceptors (Lipinski definition) is 1. The van der Waals surface area contributed by atoms with E-state index in [0.717, 1.165) is 0 Å². The zero-order chi connectivity index (χ0) is 8.72. The number of para-hydroxylation sites is 1. The Bertz CT molecular complexity index is 436. The number of nitrogens with zero attached hydrogens (tertiary/aromatic N) is 2. The van der Waals surface area contributed by atoms with E-state index >= 15 is 0 Å². The van der Waals surface area contributed by atoms with Crippen LogP contribution in [0.25, 0.3) is 11.0 Å². The van der Waals surface area contributed by atoms with Crippen molar-refractivity contribution >= 4 is 22.6 Å². The molecule has 2 rings (SSSR count). The number of hydrogen-bond donors (Lipinski definition) is 0. The fraction of sp³-hybridized carbons (Fsp3) is 0.125. The number of fused-ring (bicyclic) bond motifs is 1. The first-order valence-corrected chi connectivity index (χ1v) is 3.84. The summed E-state index contributed by atoms with van der Waals surface area (Å²) in [7, 11) is 1.75. The van der Waals surface area contributed by atoms with Crippen LogP contribution in [0.5, 0.6) is 0 Å². The van der Waals surface area contributed by atoms with Gasteiger partial charge >= 0.3 is 0 Å². The molecule has 4 heteroatoms. The molecule has 0 unspecified atom stereocenters. The van der Waals surface area contributed by atoms with Crippen molar-refractivity contribution in [3.05, 3.63) is 29.3 Å². The molecule has 0 N–H and O–H groups in total. The molecule has 0 saturated heterocycles. The molecule has 0 aliphatic carbocycles. The van der Waals surface area contributed by atoms with Crippen molar-refractivity contribution in [2.75, 3.05) is 0 Å². The van der Waals surface area contributed by atoms with Gasteiger partial charge in [-0.25, -0.2) is 9.37 Å². The van der Waals surface area contributed by atoms with Gasteiger partial charge in [-0.1, -0.05) is 6.07 Å². The van der Waals surface area contributed by atoms with Crippen LogP contribution < -0.4 is 0 Å². The third-order valence-electron chi connectivity index (χ3n) is 1.81. The van der Waals surface area contributed by atoms with Gasteiger partial charge in [0.25, 0.3) is 0 Å². The molecular formula is C8H6ClFN2. The summed E-state index contributed by atoms with van der Waals surface area (Å²) in [5, 5.41) is 0.301. The van der Waals surface area contributed by atoms with Crippen LogP contribution in [0.1, 0.15) is 0 Å². The first kappa shape index (κ1) is 7.55. The van der Waals surface area contributed by atoms with Gasteiger partial charge in [-0.15, -0.1) is 0 Å². The van der Waals surface area contributed by atoms with E-state index < -0.39 is 0 Å². The Hall–Kier alpha value is -1.09. The van der Waals surface area contributed by atoms with E-state index in [2.05, 4.69) is 4.98 Å². The minimum Gasteiger partial charge on any atom is -0.318 e. The lowest BCUT2D eigenvalue weighted by Gasteiger charge is -1.93. The van der Waals surface area contributed by atoms with Crippen LogP contribution in [0.4, 0.5) is 4.39 Å². The van der Waals surface area contributed by atoms with Crippen LogP contribution in [0.3, 0.4) is 0 Å². The second-order valence-electron chi connectivity index (χ2n) is 2.55. The smallest absolute Gasteiger partial charge is 0.203 e. The highest BCUT2D eigenvalue weighted by molar-refractivity contribution is 6.29. The zero-order valence-electron chi connectivity index (χ0n) is 6.38. The highest BCUT2D eigenvalue weighted by Gasteiger charge is 2.07. The first-order chi connectivity index (χ1) is 5.70. The largest absolute Gasteiger partial charge is 0.318 e. The van der Waals surface area contributed by atoms with E-state index in [1.165, 1.54) is 6.07 Å². The molecule has 1 aromatic heterocycles. The van der Waals surface area contributed by atoms with Crippen LogP contribution in [0.2, 0.25) is 5.28 Å². The normalized spacial score (nSPS) is 10.9. The fourth-order valence-electron chi connectivity index (χ4n) is 1.15. The van der Waals surface area contributed by atoms with Crippen LogP contribution in [0, 0.1) is 5.82 Å². The summed E-state index contributed by atoms with van der Waals surface area (Å²) in [5.41, 5.74) is 1.03. The molecule has 0 spiro atoms. The van der Waals surface area contributed by atoms with E-state index in [0.29, 0.717) is 16.3 Å². The van der Waals surface area contributed by atoms with Gasteiger partial charge < -0.3 is 4.57 Å². The van der Waals surface area contributed by atoms with Crippen molar-refractivity contribution in [2.24, 2.45) is 7.05 Å². The van der Waals surface area contributed by atoms with E-state index in [1.807, 2.05) is 0 Å². The molecule has 0 saturated carbocycles. The van der Waals surface area contributed by atoms with Gasteiger partial charge in [0, 0.05) is 7.05 Å². The Morgan fingerprint density at radius 3 is 2.92 bits per heavy atom. The van der Waals surface area contributed by atoms with Crippen molar-refractivity contribution in [1.82, 2.24) is 9.55 Å². The van der Waals surface area contributed by atoms with Gasteiger partial charge in [0.2, 0.25) is 5.28 Å². The minimum atomic E-state index is -0.338. The van der Waals surface area contributed by atoms with Crippen LogP contribution in [-0.4, -0.2) is 9.55 Å². The zero-order valence-corrected chi connectivity index (χ0v) is 7.14. The average Bonchev–Trinajstić information content (AvgIpc) is 2.32. The maximum Gasteiger partial charge on any atom is 0.203 e. The summed E-state index contributed by atoms with van der Waals surface area (Å²) < 4.78 is 14.7. The van der Waals surface area contributed by atoms with E-state index in [1.54, 1.807) is 23.7 Å². The lowest BCUT2D eigenvalue weighted by molar-refractivity contribution is 0.637. The first-order valence-electron chi connectivity index (χ1n) is 3.46. The van der Waals surface area contributed by atoms with Crippen LogP contribution in [-0.2, 0) is 7.05 Å². The monoisotopic (exact) mass is 184 g/mol. The third kappa shape index (κ3) is 0.898.